The lowest BCUT2D eigenvalue weighted by Gasteiger charge is -2.44. The summed E-state index contributed by atoms with van der Waals surface area (Å²) in [5.41, 5.74) is -0.839. The molecule has 0 spiro atoms. The molecule has 0 unspecified atom stereocenters. The van der Waals surface area contributed by atoms with Crippen LogP contribution in [0.1, 0.15) is 54.4 Å². The van der Waals surface area contributed by atoms with Crippen LogP contribution in [0.3, 0.4) is 0 Å². The first-order valence-electron chi connectivity index (χ1n) is 11.3. The van der Waals surface area contributed by atoms with E-state index < -0.39 is 79.1 Å². The predicted octanol–water partition coefficient (Wildman–Crippen LogP) is -0.402. The molecule has 2 N–H and O–H groups in total. The van der Waals surface area contributed by atoms with E-state index in [9.17, 15) is 28.8 Å². The molecule has 0 aromatic carbocycles. The third-order valence-electron chi connectivity index (χ3n) is 5.02. The fourth-order valence-electron chi connectivity index (χ4n) is 3.40. The molecule has 35 heavy (non-hydrogen) atoms. The van der Waals surface area contributed by atoms with Crippen LogP contribution in [0.15, 0.2) is 0 Å². The molecule has 1 aliphatic rings. The van der Waals surface area contributed by atoms with Crippen molar-refractivity contribution in [3.8, 4) is 0 Å². The van der Waals surface area contributed by atoms with Gasteiger partial charge in [0.15, 0.2) is 0 Å². The minimum Gasteiger partial charge on any atom is -0.469 e. The van der Waals surface area contributed by atoms with Crippen LogP contribution in [0, 0.1) is 5.41 Å². The number of ether oxygens (including phenoxy) is 2. The summed E-state index contributed by atoms with van der Waals surface area (Å²) in [7, 11) is 2.26. The van der Waals surface area contributed by atoms with Crippen LogP contribution in [0.4, 0.5) is 0 Å². The molecule has 1 saturated heterocycles. The molecule has 0 aromatic heterocycles. The van der Waals surface area contributed by atoms with Gasteiger partial charge in [-0.15, -0.1) is 0 Å². The zero-order valence-electron chi connectivity index (χ0n) is 21.9. The smallest absolute Gasteiger partial charge is 0.308 e. The van der Waals surface area contributed by atoms with Gasteiger partial charge >= 0.3 is 11.9 Å². The standard InChI is InChI=1S/C23H38N4O8/c1-22(2,3)13-24-16(28)11-26-14(9-18(30)34-7)21(33)27(12-17(29)25-23(4,5)6)15(20(26)32)10-19(31)35-8/h14-15H,9-13H2,1-8H3,(H,24,28)(H,25,29)/t14-,15-/m0/s1. The molecule has 0 saturated carbocycles. The van der Waals surface area contributed by atoms with Crippen LogP contribution in [0.25, 0.3) is 0 Å². The summed E-state index contributed by atoms with van der Waals surface area (Å²) in [4.78, 5) is 78.2. The lowest BCUT2D eigenvalue weighted by atomic mass is 9.97. The Labute approximate surface area is 206 Å². The number of hydrogen-bond donors (Lipinski definition) is 2. The average molecular weight is 499 g/mol. The number of hydrogen-bond acceptors (Lipinski definition) is 8. The number of piperazine rings is 1. The highest BCUT2D eigenvalue weighted by molar-refractivity contribution is 6.03. The first kappa shape index (κ1) is 29.9. The van der Waals surface area contributed by atoms with E-state index in [0.29, 0.717) is 6.54 Å². The summed E-state index contributed by atoms with van der Waals surface area (Å²) in [5.74, 6) is -4.15. The minimum atomic E-state index is -1.38. The normalized spacial score (nSPS) is 18.7. The van der Waals surface area contributed by atoms with Gasteiger partial charge in [-0.3, -0.25) is 28.8 Å². The van der Waals surface area contributed by atoms with Crippen molar-refractivity contribution in [2.24, 2.45) is 5.41 Å². The number of rotatable bonds is 9. The van der Waals surface area contributed by atoms with Crippen molar-refractivity contribution in [1.29, 1.82) is 0 Å². The third-order valence-corrected chi connectivity index (χ3v) is 5.02. The average Bonchev–Trinajstić information content (AvgIpc) is 2.73. The molecule has 198 valence electrons. The monoisotopic (exact) mass is 498 g/mol. The van der Waals surface area contributed by atoms with Crippen LogP contribution in [-0.2, 0) is 38.2 Å². The summed E-state index contributed by atoms with van der Waals surface area (Å²) in [6.07, 6.45) is -1.04. The molecule has 12 heteroatoms. The largest absolute Gasteiger partial charge is 0.469 e. The van der Waals surface area contributed by atoms with Gasteiger partial charge in [0.2, 0.25) is 23.6 Å². The van der Waals surface area contributed by atoms with E-state index in [2.05, 4.69) is 20.1 Å². The predicted molar refractivity (Wildman–Crippen MR) is 125 cm³/mol. The van der Waals surface area contributed by atoms with Crippen LogP contribution in [-0.4, -0.2) is 96.8 Å². The Bertz CT molecular complexity index is 843. The number of esters is 2. The maximum atomic E-state index is 13.5. The molecule has 0 aliphatic carbocycles. The SMILES string of the molecule is COC(=O)C[C@H]1C(=O)N(CC(=O)NC(C)(C)C)[C@@H](CC(=O)OC)C(=O)N1CC(=O)NCC(C)(C)C. The van der Waals surface area contributed by atoms with Crippen molar-refractivity contribution in [2.75, 3.05) is 33.9 Å². The summed E-state index contributed by atoms with van der Waals surface area (Å²) in [6.45, 7) is 10.3. The van der Waals surface area contributed by atoms with Crippen LogP contribution in [0.2, 0.25) is 0 Å². The van der Waals surface area contributed by atoms with Crippen LogP contribution < -0.4 is 10.6 Å². The third kappa shape index (κ3) is 9.53. The van der Waals surface area contributed by atoms with E-state index in [1.165, 1.54) is 0 Å². The van der Waals surface area contributed by atoms with E-state index >= 15 is 0 Å². The fraction of sp³-hybridized carbons (Fsp3) is 0.739. The highest BCUT2D eigenvalue weighted by Crippen LogP contribution is 2.24. The van der Waals surface area contributed by atoms with Crippen molar-refractivity contribution < 1.29 is 38.2 Å². The maximum absolute atomic E-state index is 13.5. The number of nitrogens with one attached hydrogen (secondary N) is 2. The van der Waals surface area contributed by atoms with Crippen molar-refractivity contribution in [1.82, 2.24) is 20.4 Å². The number of methoxy groups -OCH3 is 2. The van der Waals surface area contributed by atoms with Crippen LogP contribution >= 0.6 is 0 Å². The molecule has 1 rings (SSSR count). The Morgan fingerprint density at radius 2 is 1.17 bits per heavy atom. The van der Waals surface area contributed by atoms with Gasteiger partial charge in [0.25, 0.3) is 0 Å². The van der Waals surface area contributed by atoms with E-state index in [0.717, 1.165) is 24.0 Å². The van der Waals surface area contributed by atoms with Gasteiger partial charge in [-0.1, -0.05) is 20.8 Å². The number of carbonyl (C=O) groups excluding carboxylic acids is 6. The maximum Gasteiger partial charge on any atom is 0.308 e. The molecule has 1 heterocycles. The van der Waals surface area contributed by atoms with Crippen molar-refractivity contribution in [3.63, 3.8) is 0 Å². The Morgan fingerprint density at radius 3 is 1.51 bits per heavy atom. The van der Waals surface area contributed by atoms with Crippen LogP contribution in [0.5, 0.6) is 0 Å². The van der Waals surface area contributed by atoms with Crippen molar-refractivity contribution in [2.45, 2.75) is 72.0 Å². The summed E-state index contributed by atoms with van der Waals surface area (Å²) < 4.78 is 9.34. The van der Waals surface area contributed by atoms with Crippen molar-refractivity contribution in [3.05, 3.63) is 0 Å². The molecular formula is C23H38N4O8. The zero-order valence-corrected chi connectivity index (χ0v) is 21.9. The van der Waals surface area contributed by atoms with Gasteiger partial charge in [-0.2, -0.15) is 0 Å². The van der Waals surface area contributed by atoms with Gasteiger partial charge in [-0.25, -0.2) is 0 Å². The zero-order chi connectivity index (χ0) is 27.1. The second kappa shape index (κ2) is 12.0. The van der Waals surface area contributed by atoms with E-state index in [4.69, 9.17) is 0 Å². The Morgan fingerprint density at radius 1 is 0.771 bits per heavy atom. The van der Waals surface area contributed by atoms with E-state index in [1.807, 2.05) is 20.8 Å². The molecule has 0 radical (unpaired) electrons. The number of nitrogens with zero attached hydrogens (tertiary/aromatic N) is 2. The van der Waals surface area contributed by atoms with E-state index in [-0.39, 0.29) is 5.41 Å². The van der Waals surface area contributed by atoms with E-state index in [1.54, 1.807) is 20.8 Å². The lowest BCUT2D eigenvalue weighted by Crippen LogP contribution is -2.68. The van der Waals surface area contributed by atoms with Crippen molar-refractivity contribution >= 4 is 35.6 Å². The Hall–Kier alpha value is -3.18. The van der Waals surface area contributed by atoms with Gasteiger partial charge in [0, 0.05) is 12.1 Å². The Balaban J connectivity index is 3.34. The van der Waals surface area contributed by atoms with Gasteiger partial charge in [0.1, 0.15) is 25.2 Å². The molecule has 12 nitrogen and oxygen atoms in total. The molecule has 0 aromatic rings. The number of carbonyl (C=O) groups is 6. The summed E-state index contributed by atoms with van der Waals surface area (Å²) in [5, 5.41) is 5.40. The second-order valence-corrected chi connectivity index (χ2v) is 10.7. The molecular weight excluding hydrogens is 460 g/mol. The van der Waals surface area contributed by atoms with Gasteiger partial charge in [-0.05, 0) is 26.2 Å². The molecule has 1 fully saturated rings. The Kier molecular flexibility index (Phi) is 10.2. The fourth-order valence-corrected chi connectivity index (χ4v) is 3.40. The first-order valence-corrected chi connectivity index (χ1v) is 11.3. The summed E-state index contributed by atoms with van der Waals surface area (Å²) >= 11 is 0. The lowest BCUT2D eigenvalue weighted by molar-refractivity contribution is -0.169. The molecule has 0 bridgehead atoms. The molecule has 2 atom stereocenters. The molecule has 1 aliphatic heterocycles. The summed E-state index contributed by atoms with van der Waals surface area (Å²) in [6, 6.07) is -2.77. The highest BCUT2D eigenvalue weighted by atomic mass is 16.5. The van der Waals surface area contributed by atoms with Gasteiger partial charge in [0.05, 0.1) is 27.1 Å². The minimum absolute atomic E-state index is 0.229. The highest BCUT2D eigenvalue weighted by Gasteiger charge is 2.48. The van der Waals surface area contributed by atoms with Gasteiger partial charge < -0.3 is 29.9 Å². The topological polar surface area (TPSA) is 151 Å². The number of amides is 4. The molecule has 4 amide bonds. The second-order valence-electron chi connectivity index (χ2n) is 10.7. The first-order chi connectivity index (χ1) is 16.0. The quantitative estimate of drug-likeness (QED) is 0.408.